The summed E-state index contributed by atoms with van der Waals surface area (Å²) in [6.45, 7) is 13.1. The number of rotatable bonds is 2. The molecule has 6 aliphatic rings. The lowest BCUT2D eigenvalue weighted by Gasteiger charge is -2.17. The maximum Gasteiger partial charge on any atom is 0.106 e. The number of hydrogen-bond acceptors (Lipinski definition) is 5. The van der Waals surface area contributed by atoms with Crippen LogP contribution in [0.25, 0.3) is 11.1 Å². The van der Waals surface area contributed by atoms with Crippen LogP contribution in [-0.2, 0) is 0 Å². The molecule has 5 aliphatic heterocycles. The van der Waals surface area contributed by atoms with E-state index in [-0.39, 0.29) is 5.41 Å². The maximum absolute atomic E-state index is 11.3. The molecule has 0 amide bonds. The van der Waals surface area contributed by atoms with E-state index < -0.39 is 0 Å². The molecule has 45 heavy (non-hydrogen) atoms. The third-order valence-electron chi connectivity index (χ3n) is 9.59. The van der Waals surface area contributed by atoms with Crippen molar-refractivity contribution in [2.24, 2.45) is 20.4 Å². The first-order valence-corrected chi connectivity index (χ1v) is 15.7. The zero-order valence-electron chi connectivity index (χ0n) is 26.6. The minimum atomic E-state index is -0.123. The van der Waals surface area contributed by atoms with Gasteiger partial charge in [-0.1, -0.05) is 61.4 Å². The summed E-state index contributed by atoms with van der Waals surface area (Å²) < 4.78 is 0. The van der Waals surface area contributed by atoms with Gasteiger partial charge >= 0.3 is 0 Å². The highest BCUT2D eigenvalue weighted by Gasteiger charge is 2.39. The zero-order valence-corrected chi connectivity index (χ0v) is 26.6. The molecule has 2 N–H and O–H groups in total. The summed E-state index contributed by atoms with van der Waals surface area (Å²) >= 11 is 0. The molecule has 1 fully saturated rings. The summed E-state index contributed by atoms with van der Waals surface area (Å²) in [6, 6.07) is 13.0. The zero-order chi connectivity index (χ0) is 31.2. The number of fused-ring (bicyclic) bond motifs is 5. The van der Waals surface area contributed by atoms with Crippen molar-refractivity contribution < 1.29 is 5.11 Å². The molecule has 1 saturated heterocycles. The van der Waals surface area contributed by atoms with Crippen molar-refractivity contribution in [3.8, 4) is 0 Å². The van der Waals surface area contributed by atoms with Gasteiger partial charge in [0.2, 0.25) is 0 Å². The number of benzene rings is 2. The lowest BCUT2D eigenvalue weighted by atomic mass is 9.87. The van der Waals surface area contributed by atoms with Gasteiger partial charge in [0.25, 0.3) is 0 Å². The average molecular weight is 589 g/mol. The quantitative estimate of drug-likeness (QED) is 0.368. The number of aryl methyl sites for hydroxylation is 4. The Kier molecular flexibility index (Phi) is 5.95. The predicted molar refractivity (Wildman–Crippen MR) is 185 cm³/mol. The van der Waals surface area contributed by atoms with E-state index in [4.69, 9.17) is 15.0 Å². The van der Waals surface area contributed by atoms with Gasteiger partial charge in [-0.3, -0.25) is 0 Å². The monoisotopic (exact) mass is 588 g/mol. The largest absolute Gasteiger partial charge is 0.511 e. The van der Waals surface area contributed by atoms with E-state index in [1.54, 1.807) is 0 Å². The number of aliphatic hydroxyl groups excluding tert-OH is 1. The SMILES string of the molecule is Cc1ccc(C2=C3C=CC(=N3)C=C3NC(=C4CC(O)=C5C=C(N=C54)C(c4c(C)cc(C)cc4C)=C4C=CC2=N4)CC3(C)C)cc1. The van der Waals surface area contributed by atoms with Crippen molar-refractivity contribution in [2.45, 2.75) is 54.4 Å². The molecule has 2 aromatic carbocycles. The molecule has 5 heterocycles. The number of nitrogens with one attached hydrogen (secondary N) is 1. The van der Waals surface area contributed by atoms with Crippen LogP contribution >= 0.6 is 0 Å². The lowest BCUT2D eigenvalue weighted by Crippen LogP contribution is -2.15. The van der Waals surface area contributed by atoms with Gasteiger partial charge in [0.05, 0.1) is 34.2 Å². The molecule has 0 saturated carbocycles. The molecule has 0 spiro atoms. The first-order chi connectivity index (χ1) is 21.6. The fourth-order valence-electron chi connectivity index (χ4n) is 7.41. The summed E-state index contributed by atoms with van der Waals surface area (Å²) in [7, 11) is 0. The third-order valence-corrected chi connectivity index (χ3v) is 9.59. The van der Waals surface area contributed by atoms with Gasteiger partial charge in [-0.25, -0.2) is 15.0 Å². The van der Waals surface area contributed by atoms with Crippen LogP contribution < -0.4 is 5.32 Å². The molecule has 0 radical (unpaired) electrons. The molecule has 5 nitrogen and oxygen atoms in total. The molecule has 222 valence electrons. The van der Waals surface area contributed by atoms with E-state index >= 15 is 0 Å². The Bertz CT molecular complexity index is 2090. The fraction of sp³-hybridized carbons (Fsp3) is 0.225. The Hall–Kier alpha value is -5.03. The van der Waals surface area contributed by atoms with Gasteiger partial charge in [0.15, 0.2) is 0 Å². The summed E-state index contributed by atoms with van der Waals surface area (Å²) in [5.74, 6) is 0.370. The highest BCUT2D eigenvalue weighted by Crippen LogP contribution is 2.47. The standard InChI is InChI=1S/C40H36N4O/c1-21-7-9-25(10-8-21)37-29-12-11-26(41-29)17-35-40(5,6)20-33(43-35)27-19-34(45)28-18-32(44-39(27)28)38(31-14-13-30(37)42-31)36-23(3)15-22(2)16-24(36)4/h7-18,43,45H,19-20H2,1-6H3. The van der Waals surface area contributed by atoms with E-state index in [1.807, 2.05) is 0 Å². The van der Waals surface area contributed by atoms with E-state index in [0.717, 1.165) is 85.5 Å². The van der Waals surface area contributed by atoms with Gasteiger partial charge in [0, 0.05) is 45.5 Å². The molecule has 0 unspecified atom stereocenters. The molecule has 1 aliphatic carbocycles. The minimum Gasteiger partial charge on any atom is -0.511 e. The van der Waals surface area contributed by atoms with Gasteiger partial charge in [-0.2, -0.15) is 0 Å². The Labute approximate surface area is 264 Å². The van der Waals surface area contributed by atoms with E-state index in [9.17, 15) is 5.11 Å². The first-order valence-electron chi connectivity index (χ1n) is 15.7. The van der Waals surface area contributed by atoms with Crippen LogP contribution in [0.3, 0.4) is 0 Å². The number of hydrogen-bond donors (Lipinski definition) is 2. The fourth-order valence-corrected chi connectivity index (χ4v) is 7.41. The summed E-state index contributed by atoms with van der Waals surface area (Å²) in [5.41, 5.74) is 18.2. The van der Waals surface area contributed by atoms with Crippen LogP contribution in [-0.4, -0.2) is 22.2 Å². The number of aliphatic hydroxyl groups is 1. The maximum atomic E-state index is 11.3. The summed E-state index contributed by atoms with van der Waals surface area (Å²) in [6.07, 6.45) is 13.9. The van der Waals surface area contributed by atoms with Gasteiger partial charge in [-0.15, -0.1) is 0 Å². The van der Waals surface area contributed by atoms with Crippen LogP contribution in [0.4, 0.5) is 0 Å². The third kappa shape index (κ3) is 4.40. The molecule has 0 aromatic heterocycles. The molecule has 8 rings (SSSR count). The van der Waals surface area contributed by atoms with Gasteiger partial charge < -0.3 is 10.4 Å². The highest BCUT2D eigenvalue weighted by molar-refractivity contribution is 6.32. The molecule has 5 heteroatoms. The van der Waals surface area contributed by atoms with E-state index in [2.05, 4.69) is 120 Å². The molecule has 0 atom stereocenters. The number of aliphatic imine (C=N–C) groups is 3. The normalized spacial score (nSPS) is 21.1. The predicted octanol–water partition coefficient (Wildman–Crippen LogP) is 8.79. The molecule has 2 aromatic rings. The topological polar surface area (TPSA) is 69.3 Å². The second kappa shape index (κ2) is 9.73. The summed E-state index contributed by atoms with van der Waals surface area (Å²) in [5, 5.41) is 15.0. The Morgan fingerprint density at radius 3 is 2.24 bits per heavy atom. The number of nitrogens with zero attached hydrogens (tertiary/aromatic N) is 3. The van der Waals surface area contributed by atoms with Crippen molar-refractivity contribution in [1.29, 1.82) is 0 Å². The van der Waals surface area contributed by atoms with Crippen molar-refractivity contribution in [2.75, 3.05) is 0 Å². The van der Waals surface area contributed by atoms with Gasteiger partial charge in [-0.05, 0) is 92.8 Å². The molecule has 8 bridgehead atoms. The Morgan fingerprint density at radius 2 is 1.49 bits per heavy atom. The lowest BCUT2D eigenvalue weighted by molar-refractivity contribution is 0.400. The van der Waals surface area contributed by atoms with Crippen LogP contribution in [0.5, 0.6) is 0 Å². The van der Waals surface area contributed by atoms with Crippen LogP contribution in [0.2, 0.25) is 0 Å². The van der Waals surface area contributed by atoms with Crippen molar-refractivity contribution in [3.63, 3.8) is 0 Å². The minimum absolute atomic E-state index is 0.123. The number of allylic oxidation sites excluding steroid dienone is 12. The van der Waals surface area contributed by atoms with E-state index in [1.165, 1.54) is 22.3 Å². The molecular formula is C40H36N4O. The van der Waals surface area contributed by atoms with Crippen molar-refractivity contribution in [3.05, 3.63) is 152 Å². The smallest absolute Gasteiger partial charge is 0.106 e. The second-order valence-corrected chi connectivity index (χ2v) is 13.6. The summed E-state index contributed by atoms with van der Waals surface area (Å²) in [4.78, 5) is 15.8. The van der Waals surface area contributed by atoms with Crippen LogP contribution in [0.15, 0.2) is 133 Å². The van der Waals surface area contributed by atoms with Crippen LogP contribution in [0.1, 0.15) is 60.1 Å². The Balaban J connectivity index is 1.45. The Morgan fingerprint density at radius 1 is 0.778 bits per heavy atom. The highest BCUT2D eigenvalue weighted by atomic mass is 16.3. The van der Waals surface area contributed by atoms with Crippen molar-refractivity contribution in [1.82, 2.24) is 5.32 Å². The molecular weight excluding hydrogens is 552 g/mol. The van der Waals surface area contributed by atoms with Gasteiger partial charge in [0.1, 0.15) is 5.76 Å². The van der Waals surface area contributed by atoms with Crippen molar-refractivity contribution >= 4 is 28.3 Å². The second-order valence-electron chi connectivity index (χ2n) is 13.6. The van der Waals surface area contributed by atoms with E-state index in [0.29, 0.717) is 12.2 Å². The average Bonchev–Trinajstić information content (AvgIpc) is 3.80. The van der Waals surface area contributed by atoms with Crippen LogP contribution in [0, 0.1) is 33.1 Å². The first kappa shape index (κ1) is 27.5.